The van der Waals surface area contributed by atoms with Crippen LogP contribution in [0.25, 0.3) is 0 Å². The first-order chi connectivity index (χ1) is 9.22. The van der Waals surface area contributed by atoms with E-state index in [0.29, 0.717) is 16.7 Å². The summed E-state index contributed by atoms with van der Waals surface area (Å²) in [4.78, 5) is 0. The Morgan fingerprint density at radius 2 is 1.79 bits per heavy atom. The van der Waals surface area contributed by atoms with Crippen LogP contribution in [0.5, 0.6) is 5.75 Å². The molecule has 0 aliphatic heterocycles. The molecule has 0 amide bonds. The fraction of sp³-hybridized carbons (Fsp3) is 0.625. The Hall–Kier alpha value is -0.730. The lowest BCUT2D eigenvalue weighted by atomic mass is 9.84. The summed E-state index contributed by atoms with van der Waals surface area (Å²) >= 11 is 6.13. The van der Waals surface area contributed by atoms with Crippen molar-refractivity contribution in [1.82, 2.24) is 0 Å². The number of ether oxygens (including phenoxy) is 1. The van der Waals surface area contributed by atoms with Crippen LogP contribution in [0.15, 0.2) is 18.2 Å². The number of aliphatic hydroxyl groups is 1. The fourth-order valence-corrected chi connectivity index (χ4v) is 3.21. The van der Waals surface area contributed by atoms with Gasteiger partial charge in [0, 0.05) is 0 Å². The minimum Gasteiger partial charge on any atom is -0.495 e. The van der Waals surface area contributed by atoms with Gasteiger partial charge in [-0.3, -0.25) is 0 Å². The van der Waals surface area contributed by atoms with Gasteiger partial charge in [0.15, 0.2) is 0 Å². The molecular formula is C16H23ClO2. The van der Waals surface area contributed by atoms with Crippen molar-refractivity contribution in [3.8, 4) is 5.75 Å². The molecule has 0 bridgehead atoms. The van der Waals surface area contributed by atoms with Gasteiger partial charge in [0.05, 0.1) is 18.2 Å². The number of methoxy groups -OCH3 is 1. The van der Waals surface area contributed by atoms with Crippen LogP contribution < -0.4 is 4.74 Å². The normalized spacial score (nSPS) is 19.5. The zero-order chi connectivity index (χ0) is 13.7. The second kappa shape index (κ2) is 7.16. The molecule has 1 N–H and O–H groups in total. The molecule has 2 rings (SSSR count). The number of hydrogen-bond donors (Lipinski definition) is 1. The minimum atomic E-state index is -0.401. The van der Waals surface area contributed by atoms with E-state index < -0.39 is 6.10 Å². The van der Waals surface area contributed by atoms with Crippen molar-refractivity contribution in [2.75, 3.05) is 7.11 Å². The van der Waals surface area contributed by atoms with Crippen molar-refractivity contribution in [3.63, 3.8) is 0 Å². The topological polar surface area (TPSA) is 29.5 Å². The second-order valence-electron chi connectivity index (χ2n) is 5.44. The van der Waals surface area contributed by atoms with Gasteiger partial charge in [-0.15, -0.1) is 0 Å². The van der Waals surface area contributed by atoms with Crippen molar-refractivity contribution in [2.45, 2.75) is 51.0 Å². The molecule has 1 aromatic carbocycles. The predicted octanol–water partition coefficient (Wildman–Crippen LogP) is 4.74. The first-order valence-electron chi connectivity index (χ1n) is 7.24. The molecule has 2 nitrogen and oxygen atoms in total. The monoisotopic (exact) mass is 282 g/mol. The van der Waals surface area contributed by atoms with E-state index in [2.05, 4.69) is 0 Å². The van der Waals surface area contributed by atoms with Gasteiger partial charge in [0.1, 0.15) is 5.75 Å². The summed E-state index contributed by atoms with van der Waals surface area (Å²) in [5.74, 6) is 1.03. The standard InChI is InChI=1S/C16H23ClO2/c1-19-15-10-9-13(11-14(15)17)16(18)12-7-5-3-2-4-6-8-12/h9-12,16,18H,2-8H2,1H3. The third-order valence-electron chi connectivity index (χ3n) is 4.11. The molecule has 1 fully saturated rings. The molecule has 0 aromatic heterocycles. The molecule has 1 aliphatic carbocycles. The van der Waals surface area contributed by atoms with Gasteiger partial charge in [-0.25, -0.2) is 0 Å². The smallest absolute Gasteiger partial charge is 0.137 e. The highest BCUT2D eigenvalue weighted by Gasteiger charge is 2.22. The van der Waals surface area contributed by atoms with Crippen molar-refractivity contribution < 1.29 is 9.84 Å². The van der Waals surface area contributed by atoms with E-state index in [-0.39, 0.29) is 0 Å². The number of rotatable bonds is 3. The molecule has 1 atom stereocenters. The van der Waals surface area contributed by atoms with E-state index >= 15 is 0 Å². The minimum absolute atomic E-state index is 0.366. The van der Waals surface area contributed by atoms with Crippen molar-refractivity contribution in [2.24, 2.45) is 5.92 Å². The Balaban J connectivity index is 2.08. The predicted molar refractivity (Wildman–Crippen MR) is 78.8 cm³/mol. The SMILES string of the molecule is COc1ccc(C(O)C2CCCCCCC2)cc1Cl. The van der Waals surface area contributed by atoms with Crippen LogP contribution in [0.1, 0.15) is 56.6 Å². The number of hydrogen-bond acceptors (Lipinski definition) is 2. The maximum atomic E-state index is 10.6. The van der Waals surface area contributed by atoms with Crippen molar-refractivity contribution >= 4 is 11.6 Å². The van der Waals surface area contributed by atoms with Crippen molar-refractivity contribution in [1.29, 1.82) is 0 Å². The van der Waals surface area contributed by atoms with Gasteiger partial charge in [-0.05, 0) is 36.5 Å². The third-order valence-corrected chi connectivity index (χ3v) is 4.41. The molecule has 0 radical (unpaired) electrons. The van der Waals surface area contributed by atoms with E-state index in [9.17, 15) is 5.11 Å². The molecule has 3 heteroatoms. The maximum absolute atomic E-state index is 10.6. The molecule has 0 saturated heterocycles. The van der Waals surface area contributed by atoms with E-state index in [4.69, 9.17) is 16.3 Å². The molecule has 0 spiro atoms. The third kappa shape index (κ3) is 3.87. The van der Waals surface area contributed by atoms with E-state index in [1.54, 1.807) is 7.11 Å². The zero-order valence-electron chi connectivity index (χ0n) is 11.6. The average molecular weight is 283 g/mol. The van der Waals surface area contributed by atoms with Gasteiger partial charge in [-0.2, -0.15) is 0 Å². The number of benzene rings is 1. The fourth-order valence-electron chi connectivity index (χ4n) is 2.94. The summed E-state index contributed by atoms with van der Waals surface area (Å²) in [5.41, 5.74) is 0.913. The number of halogens is 1. The first kappa shape index (κ1) is 14.7. The second-order valence-corrected chi connectivity index (χ2v) is 5.85. The summed E-state index contributed by atoms with van der Waals surface area (Å²) in [5, 5.41) is 11.1. The van der Waals surface area contributed by atoms with Crippen LogP contribution in [-0.4, -0.2) is 12.2 Å². The van der Waals surface area contributed by atoms with Crippen LogP contribution in [0.2, 0.25) is 5.02 Å². The van der Waals surface area contributed by atoms with Crippen LogP contribution in [0, 0.1) is 5.92 Å². The van der Waals surface area contributed by atoms with Gasteiger partial charge in [-0.1, -0.05) is 49.8 Å². The van der Waals surface area contributed by atoms with Crippen LogP contribution in [0.4, 0.5) is 0 Å². The zero-order valence-corrected chi connectivity index (χ0v) is 12.3. The summed E-state index contributed by atoms with van der Waals surface area (Å²) in [6, 6.07) is 5.60. The Morgan fingerprint density at radius 1 is 1.16 bits per heavy atom. The summed E-state index contributed by atoms with van der Waals surface area (Å²) in [6.45, 7) is 0. The van der Waals surface area contributed by atoms with Crippen molar-refractivity contribution in [3.05, 3.63) is 28.8 Å². The quantitative estimate of drug-likeness (QED) is 0.867. The molecule has 1 saturated carbocycles. The van der Waals surface area contributed by atoms with Gasteiger partial charge < -0.3 is 9.84 Å². The van der Waals surface area contributed by atoms with E-state index in [1.165, 1.54) is 32.1 Å². The lowest BCUT2D eigenvalue weighted by Crippen LogP contribution is -2.14. The summed E-state index contributed by atoms with van der Waals surface area (Å²) in [7, 11) is 1.60. The largest absolute Gasteiger partial charge is 0.495 e. The molecular weight excluding hydrogens is 260 g/mol. The van der Waals surface area contributed by atoms with Gasteiger partial charge in [0.25, 0.3) is 0 Å². The Kier molecular flexibility index (Phi) is 5.53. The Morgan fingerprint density at radius 3 is 2.37 bits per heavy atom. The van der Waals surface area contributed by atoms with Gasteiger partial charge in [0.2, 0.25) is 0 Å². The van der Waals surface area contributed by atoms with Gasteiger partial charge >= 0.3 is 0 Å². The Bertz CT molecular complexity index is 398. The average Bonchev–Trinajstić information content (AvgIpc) is 2.37. The lowest BCUT2D eigenvalue weighted by Gasteiger charge is -2.25. The van der Waals surface area contributed by atoms with Crippen LogP contribution in [-0.2, 0) is 0 Å². The molecule has 19 heavy (non-hydrogen) atoms. The highest BCUT2D eigenvalue weighted by Crippen LogP contribution is 2.35. The highest BCUT2D eigenvalue weighted by atomic mass is 35.5. The lowest BCUT2D eigenvalue weighted by molar-refractivity contribution is 0.0912. The summed E-state index contributed by atoms with van der Waals surface area (Å²) < 4.78 is 5.15. The highest BCUT2D eigenvalue weighted by molar-refractivity contribution is 6.32. The Labute approximate surface area is 120 Å². The van der Waals surface area contributed by atoms with E-state index in [0.717, 1.165) is 18.4 Å². The molecule has 1 aromatic rings. The number of aliphatic hydroxyl groups excluding tert-OH is 1. The first-order valence-corrected chi connectivity index (χ1v) is 7.61. The summed E-state index contributed by atoms with van der Waals surface area (Å²) in [6.07, 6.45) is 8.23. The van der Waals surface area contributed by atoms with Crippen LogP contribution in [0.3, 0.4) is 0 Å². The van der Waals surface area contributed by atoms with E-state index in [1.807, 2.05) is 18.2 Å². The molecule has 0 heterocycles. The molecule has 106 valence electrons. The molecule has 1 unspecified atom stereocenters. The van der Waals surface area contributed by atoms with Crippen LogP contribution >= 0.6 is 11.6 Å². The maximum Gasteiger partial charge on any atom is 0.137 e. The molecule has 1 aliphatic rings.